The van der Waals surface area contributed by atoms with Crippen LogP contribution in [0.15, 0.2) is 46.9 Å². The number of fused-ring (bicyclic) bond motifs is 2. The third kappa shape index (κ3) is 4.43. The van der Waals surface area contributed by atoms with Crippen molar-refractivity contribution in [3.8, 4) is 11.5 Å². The number of nitrogens with zero attached hydrogens (tertiary/aromatic N) is 1. The zero-order valence-electron chi connectivity index (χ0n) is 18.1. The minimum absolute atomic E-state index is 0.195. The quantitative estimate of drug-likeness (QED) is 0.521. The van der Waals surface area contributed by atoms with E-state index in [2.05, 4.69) is 5.32 Å². The van der Waals surface area contributed by atoms with Crippen molar-refractivity contribution in [2.24, 2.45) is 0 Å². The molecule has 2 aliphatic rings. The second kappa shape index (κ2) is 9.05. The fourth-order valence-electron chi connectivity index (χ4n) is 4.08. The van der Waals surface area contributed by atoms with E-state index in [4.69, 9.17) is 25.5 Å². The summed E-state index contributed by atoms with van der Waals surface area (Å²) in [5.41, 5.74) is 0.622. The summed E-state index contributed by atoms with van der Waals surface area (Å²) in [4.78, 5) is 14.7. The number of hydrogen-bond acceptors (Lipinski definition) is 6. The summed E-state index contributed by atoms with van der Waals surface area (Å²) < 4.78 is 46.5. The molecule has 1 aromatic heterocycles. The fourth-order valence-corrected chi connectivity index (χ4v) is 4.26. The molecule has 1 amide bonds. The molecular weight excluding hydrogens is 470 g/mol. The molecule has 34 heavy (non-hydrogen) atoms. The number of aliphatic hydroxyl groups excluding tert-OH is 1. The van der Waals surface area contributed by atoms with Crippen molar-refractivity contribution in [1.29, 1.82) is 0 Å². The van der Waals surface area contributed by atoms with Gasteiger partial charge in [0.15, 0.2) is 17.3 Å². The Kier molecular flexibility index (Phi) is 6.09. The highest BCUT2D eigenvalue weighted by molar-refractivity contribution is 6.31. The van der Waals surface area contributed by atoms with E-state index in [1.54, 1.807) is 18.2 Å². The SMILES string of the molecule is O=C(N[C@H](CN1CCC1)[C@H](O)c1ccc2c(c1)OCCO2)C(F)(F)c1cc2cc(Cl)ccc2o1. The highest BCUT2D eigenvalue weighted by Gasteiger charge is 2.46. The summed E-state index contributed by atoms with van der Waals surface area (Å²) in [6.45, 7) is 2.54. The van der Waals surface area contributed by atoms with Crippen LogP contribution >= 0.6 is 11.6 Å². The molecule has 2 atom stereocenters. The van der Waals surface area contributed by atoms with E-state index < -0.39 is 29.7 Å². The van der Waals surface area contributed by atoms with Crippen LogP contribution in [0.4, 0.5) is 8.78 Å². The molecule has 0 unspecified atom stereocenters. The Morgan fingerprint density at radius 1 is 1.12 bits per heavy atom. The van der Waals surface area contributed by atoms with Crippen LogP contribution < -0.4 is 14.8 Å². The van der Waals surface area contributed by atoms with Gasteiger partial charge in [0.05, 0.1) is 6.04 Å². The molecule has 2 aromatic carbocycles. The number of hydrogen-bond donors (Lipinski definition) is 2. The first-order valence-electron chi connectivity index (χ1n) is 11.0. The standard InChI is InChI=1S/C24H23ClF2N2O5/c25-16-3-5-18-15(10-16)12-21(34-18)24(26,27)23(31)28-17(13-29-6-1-7-29)22(30)14-2-4-19-20(11-14)33-9-8-32-19/h2-5,10-12,17,22,30H,1,6-9,13H2,(H,28,31)/t17-,22-/m1/s1. The molecule has 2 N–H and O–H groups in total. The van der Waals surface area contributed by atoms with Crippen molar-refractivity contribution >= 4 is 28.5 Å². The molecule has 0 radical (unpaired) electrons. The molecule has 1 saturated heterocycles. The van der Waals surface area contributed by atoms with Gasteiger partial charge in [-0.15, -0.1) is 0 Å². The number of likely N-dealkylation sites (tertiary alicyclic amines) is 1. The van der Waals surface area contributed by atoms with Gasteiger partial charge in [0.1, 0.15) is 24.9 Å². The van der Waals surface area contributed by atoms with Gasteiger partial charge in [0.2, 0.25) is 0 Å². The number of nitrogens with one attached hydrogen (secondary N) is 1. The Bertz CT molecular complexity index is 1210. The second-order valence-corrected chi connectivity index (χ2v) is 8.89. The van der Waals surface area contributed by atoms with Gasteiger partial charge in [0.25, 0.3) is 5.91 Å². The lowest BCUT2D eigenvalue weighted by molar-refractivity contribution is -0.151. The number of furan rings is 1. The van der Waals surface area contributed by atoms with Crippen LogP contribution in [0.1, 0.15) is 23.8 Å². The first-order valence-corrected chi connectivity index (χ1v) is 11.4. The Labute approximate surface area is 199 Å². The molecule has 3 aromatic rings. The van der Waals surface area contributed by atoms with Crippen molar-refractivity contribution in [2.45, 2.75) is 24.5 Å². The number of halogens is 3. The van der Waals surface area contributed by atoms with Gasteiger partial charge >= 0.3 is 5.92 Å². The monoisotopic (exact) mass is 492 g/mol. The fraction of sp³-hybridized carbons (Fsp3) is 0.375. The molecule has 5 rings (SSSR count). The summed E-state index contributed by atoms with van der Waals surface area (Å²) in [5, 5.41) is 14.1. The Morgan fingerprint density at radius 3 is 2.62 bits per heavy atom. The summed E-state index contributed by atoms with van der Waals surface area (Å²) in [5.74, 6) is -5.30. The zero-order chi connectivity index (χ0) is 23.9. The van der Waals surface area contributed by atoms with Crippen LogP contribution in [0.25, 0.3) is 11.0 Å². The van der Waals surface area contributed by atoms with Crippen LogP contribution in [0, 0.1) is 0 Å². The van der Waals surface area contributed by atoms with Crippen molar-refractivity contribution in [3.05, 3.63) is 58.8 Å². The highest BCUT2D eigenvalue weighted by atomic mass is 35.5. The van der Waals surface area contributed by atoms with Gasteiger partial charge in [-0.25, -0.2) is 0 Å². The molecule has 10 heteroatoms. The largest absolute Gasteiger partial charge is 0.486 e. The van der Waals surface area contributed by atoms with Crippen LogP contribution in [0.3, 0.4) is 0 Å². The average molecular weight is 493 g/mol. The van der Waals surface area contributed by atoms with Gasteiger partial charge in [-0.3, -0.25) is 4.79 Å². The van der Waals surface area contributed by atoms with Gasteiger partial charge < -0.3 is 29.2 Å². The normalized spacial score (nSPS) is 17.8. The molecule has 0 bridgehead atoms. The van der Waals surface area contributed by atoms with E-state index in [1.807, 2.05) is 4.90 Å². The zero-order valence-corrected chi connectivity index (χ0v) is 18.9. The molecule has 1 fully saturated rings. The van der Waals surface area contributed by atoms with E-state index >= 15 is 8.78 Å². The summed E-state index contributed by atoms with van der Waals surface area (Å²) in [6, 6.07) is 9.47. The van der Waals surface area contributed by atoms with Crippen molar-refractivity contribution < 1.29 is 32.6 Å². The Hall–Kier alpha value is -2.88. The summed E-state index contributed by atoms with van der Waals surface area (Å²) in [6.07, 6.45) is -0.274. The van der Waals surface area contributed by atoms with Crippen LogP contribution in [-0.2, 0) is 10.7 Å². The lowest BCUT2D eigenvalue weighted by Gasteiger charge is -2.36. The number of aliphatic hydroxyl groups is 1. The molecule has 180 valence electrons. The van der Waals surface area contributed by atoms with E-state index in [0.717, 1.165) is 25.6 Å². The molecule has 2 aliphatic heterocycles. The number of carbonyl (C=O) groups is 1. The minimum Gasteiger partial charge on any atom is -0.486 e. The number of carbonyl (C=O) groups excluding carboxylic acids is 1. The molecule has 7 nitrogen and oxygen atoms in total. The minimum atomic E-state index is -3.95. The number of benzene rings is 2. The first kappa shape index (κ1) is 22.9. The van der Waals surface area contributed by atoms with Crippen molar-refractivity contribution in [1.82, 2.24) is 10.2 Å². The maximum Gasteiger partial charge on any atom is 0.380 e. The number of amides is 1. The highest BCUT2D eigenvalue weighted by Crippen LogP contribution is 2.36. The lowest BCUT2D eigenvalue weighted by Crippen LogP contribution is -2.53. The van der Waals surface area contributed by atoms with Crippen LogP contribution in [-0.4, -0.2) is 54.8 Å². The van der Waals surface area contributed by atoms with E-state index in [-0.39, 0.29) is 12.1 Å². The maximum atomic E-state index is 15.1. The van der Waals surface area contributed by atoms with Gasteiger partial charge in [-0.2, -0.15) is 8.78 Å². The third-order valence-corrected chi connectivity index (χ3v) is 6.32. The number of alkyl halides is 2. The molecule has 0 saturated carbocycles. The Balaban J connectivity index is 1.38. The van der Waals surface area contributed by atoms with Crippen LogP contribution in [0.2, 0.25) is 5.02 Å². The second-order valence-electron chi connectivity index (χ2n) is 8.45. The van der Waals surface area contributed by atoms with E-state index in [0.29, 0.717) is 40.7 Å². The van der Waals surface area contributed by atoms with Gasteiger partial charge in [0, 0.05) is 17.0 Å². The van der Waals surface area contributed by atoms with Gasteiger partial charge in [-0.05, 0) is 61.5 Å². The molecule has 0 spiro atoms. The van der Waals surface area contributed by atoms with Gasteiger partial charge in [-0.1, -0.05) is 17.7 Å². The van der Waals surface area contributed by atoms with Crippen LogP contribution in [0.5, 0.6) is 11.5 Å². The summed E-state index contributed by atoms with van der Waals surface area (Å²) >= 11 is 5.92. The average Bonchev–Trinajstić information content (AvgIpc) is 3.23. The lowest BCUT2D eigenvalue weighted by atomic mass is 9.99. The predicted molar refractivity (Wildman–Crippen MR) is 120 cm³/mol. The third-order valence-electron chi connectivity index (χ3n) is 6.08. The predicted octanol–water partition coefficient (Wildman–Crippen LogP) is 3.87. The first-order chi connectivity index (χ1) is 16.3. The topological polar surface area (TPSA) is 84.2 Å². The molecular formula is C24H23ClF2N2O5. The molecule has 0 aliphatic carbocycles. The van der Waals surface area contributed by atoms with Crippen molar-refractivity contribution in [2.75, 3.05) is 32.8 Å². The smallest absolute Gasteiger partial charge is 0.380 e. The number of ether oxygens (including phenoxy) is 2. The number of rotatable bonds is 7. The maximum absolute atomic E-state index is 15.1. The Morgan fingerprint density at radius 2 is 1.88 bits per heavy atom. The van der Waals surface area contributed by atoms with Crippen molar-refractivity contribution in [3.63, 3.8) is 0 Å². The van der Waals surface area contributed by atoms with E-state index in [9.17, 15) is 9.90 Å². The molecule has 3 heterocycles. The summed E-state index contributed by atoms with van der Waals surface area (Å²) in [7, 11) is 0. The van der Waals surface area contributed by atoms with E-state index in [1.165, 1.54) is 18.2 Å².